The topological polar surface area (TPSA) is 44.5 Å². The molecule has 4 nitrogen and oxygen atoms in total. The van der Waals surface area contributed by atoms with E-state index in [2.05, 4.69) is 11.1 Å². The maximum absolute atomic E-state index is 5.12. The summed E-state index contributed by atoms with van der Waals surface area (Å²) >= 11 is 0. The van der Waals surface area contributed by atoms with Gasteiger partial charge in [0.2, 0.25) is 0 Å². The SMILES string of the molecule is COc1[c-]c(OC)c2ocnc2c1.[Ti]. The average Bonchev–Trinajstić information content (AvgIpc) is 2.63. The molecule has 1 heterocycles. The van der Waals surface area contributed by atoms with Crippen LogP contribution in [0.2, 0.25) is 0 Å². The number of rotatable bonds is 2. The molecule has 1 aromatic carbocycles. The molecular weight excluding hydrogens is 218 g/mol. The van der Waals surface area contributed by atoms with Gasteiger partial charge in [0, 0.05) is 33.0 Å². The van der Waals surface area contributed by atoms with E-state index in [9.17, 15) is 0 Å². The fourth-order valence-corrected chi connectivity index (χ4v) is 1.11. The van der Waals surface area contributed by atoms with Crippen molar-refractivity contribution in [2.75, 3.05) is 14.2 Å². The van der Waals surface area contributed by atoms with Crippen LogP contribution in [0, 0.1) is 6.07 Å². The van der Waals surface area contributed by atoms with Crippen LogP contribution in [0.4, 0.5) is 0 Å². The predicted octanol–water partition coefficient (Wildman–Crippen LogP) is 1.64. The van der Waals surface area contributed by atoms with Crippen molar-refractivity contribution >= 4 is 11.1 Å². The summed E-state index contributed by atoms with van der Waals surface area (Å²) in [6, 6.07) is 4.63. The van der Waals surface area contributed by atoms with E-state index in [0.29, 0.717) is 22.6 Å². The molecule has 0 bridgehead atoms. The van der Waals surface area contributed by atoms with Gasteiger partial charge in [-0.15, -0.1) is 6.07 Å². The first-order valence-corrected chi connectivity index (χ1v) is 3.72. The van der Waals surface area contributed by atoms with Crippen LogP contribution in [-0.2, 0) is 21.7 Å². The van der Waals surface area contributed by atoms with Crippen LogP contribution in [-0.4, -0.2) is 19.2 Å². The van der Waals surface area contributed by atoms with Crippen molar-refractivity contribution in [1.82, 2.24) is 4.98 Å². The molecule has 0 amide bonds. The molecule has 2 rings (SSSR count). The van der Waals surface area contributed by atoms with E-state index in [1.54, 1.807) is 20.3 Å². The van der Waals surface area contributed by atoms with E-state index in [1.807, 2.05) is 0 Å². The van der Waals surface area contributed by atoms with Gasteiger partial charge >= 0.3 is 0 Å². The number of nitrogens with zero attached hydrogens (tertiary/aromatic N) is 1. The minimum atomic E-state index is 0. The van der Waals surface area contributed by atoms with Crippen molar-refractivity contribution < 1.29 is 35.6 Å². The Kier molecular flexibility index (Phi) is 3.55. The van der Waals surface area contributed by atoms with Crippen molar-refractivity contribution in [1.29, 1.82) is 0 Å². The van der Waals surface area contributed by atoms with Gasteiger partial charge in [-0.1, -0.05) is 6.07 Å². The number of methoxy groups -OCH3 is 2. The number of hydrogen-bond acceptors (Lipinski definition) is 4. The van der Waals surface area contributed by atoms with Crippen LogP contribution in [0.5, 0.6) is 11.5 Å². The quantitative estimate of drug-likeness (QED) is 0.576. The normalized spacial score (nSPS) is 9.57. The van der Waals surface area contributed by atoms with Gasteiger partial charge in [-0.2, -0.15) is 0 Å². The Morgan fingerprint density at radius 3 is 2.79 bits per heavy atom. The summed E-state index contributed by atoms with van der Waals surface area (Å²) < 4.78 is 15.2. The van der Waals surface area contributed by atoms with Gasteiger partial charge in [-0.3, -0.25) is 0 Å². The van der Waals surface area contributed by atoms with Crippen LogP contribution in [0.3, 0.4) is 0 Å². The van der Waals surface area contributed by atoms with Gasteiger partial charge in [0.25, 0.3) is 0 Å². The van der Waals surface area contributed by atoms with Gasteiger partial charge in [-0.25, -0.2) is 4.98 Å². The molecule has 0 N–H and O–H groups in total. The fourth-order valence-electron chi connectivity index (χ4n) is 1.11. The third-order valence-corrected chi connectivity index (χ3v) is 1.73. The minimum absolute atomic E-state index is 0. The summed E-state index contributed by atoms with van der Waals surface area (Å²) in [5.74, 6) is 1.09. The smallest absolute Gasteiger partial charge is 0.165 e. The van der Waals surface area contributed by atoms with Gasteiger partial charge in [0.05, 0.1) is 25.6 Å². The first kappa shape index (κ1) is 11.1. The van der Waals surface area contributed by atoms with Crippen LogP contribution in [0.25, 0.3) is 11.1 Å². The van der Waals surface area contributed by atoms with E-state index in [-0.39, 0.29) is 21.7 Å². The standard InChI is InChI=1S/C9H8NO3.Ti/c1-11-6-3-7-9(13-5-10-7)8(4-6)12-2;/h3,5H,1-2H3;/q-1;. The predicted molar refractivity (Wildman–Crippen MR) is 45.9 cm³/mol. The number of fused-ring (bicyclic) bond motifs is 1. The summed E-state index contributed by atoms with van der Waals surface area (Å²) in [5.41, 5.74) is 1.29. The Hall–Kier alpha value is -0.996. The number of oxazole rings is 1. The van der Waals surface area contributed by atoms with Crippen LogP contribution < -0.4 is 9.47 Å². The van der Waals surface area contributed by atoms with Crippen LogP contribution in [0.15, 0.2) is 16.9 Å². The van der Waals surface area contributed by atoms with E-state index in [1.165, 1.54) is 6.39 Å². The fraction of sp³-hybridized carbons (Fsp3) is 0.222. The Morgan fingerprint density at radius 1 is 1.36 bits per heavy atom. The molecule has 5 heteroatoms. The van der Waals surface area contributed by atoms with E-state index >= 15 is 0 Å². The summed E-state index contributed by atoms with van der Waals surface area (Å²) in [7, 11) is 3.12. The zero-order valence-corrected chi connectivity index (χ0v) is 9.39. The van der Waals surface area contributed by atoms with Gasteiger partial charge in [0.15, 0.2) is 6.39 Å². The molecule has 0 radical (unpaired) electrons. The van der Waals surface area contributed by atoms with Gasteiger partial charge < -0.3 is 13.9 Å². The molecule has 0 aliphatic heterocycles. The zero-order valence-electron chi connectivity index (χ0n) is 7.83. The maximum atomic E-state index is 5.12. The van der Waals surface area contributed by atoms with Crippen molar-refractivity contribution in [2.24, 2.45) is 0 Å². The molecule has 72 valence electrons. The summed E-state index contributed by atoms with van der Waals surface area (Å²) in [4.78, 5) is 3.99. The van der Waals surface area contributed by atoms with Crippen LogP contribution >= 0.6 is 0 Å². The summed E-state index contributed by atoms with van der Waals surface area (Å²) in [6.45, 7) is 0. The molecule has 0 spiro atoms. The van der Waals surface area contributed by atoms with E-state index < -0.39 is 0 Å². The Bertz CT molecular complexity index is 427. The molecular formula is C9H8NO3Ti-. The second-order valence-electron chi connectivity index (χ2n) is 2.44. The molecule has 0 aliphatic carbocycles. The number of hydrogen-bond donors (Lipinski definition) is 0. The molecule has 2 aromatic rings. The monoisotopic (exact) mass is 226 g/mol. The van der Waals surface area contributed by atoms with Crippen molar-refractivity contribution in [3.05, 3.63) is 18.5 Å². The molecule has 0 atom stereocenters. The van der Waals surface area contributed by atoms with Gasteiger partial charge in [-0.05, 0) is 0 Å². The van der Waals surface area contributed by atoms with Crippen molar-refractivity contribution in [3.8, 4) is 11.5 Å². The minimum Gasteiger partial charge on any atom is -0.522 e. The molecule has 0 aliphatic rings. The number of aromatic nitrogens is 1. The molecule has 1 aromatic heterocycles. The molecule has 0 saturated carbocycles. The average molecular weight is 226 g/mol. The molecule has 0 saturated heterocycles. The van der Waals surface area contributed by atoms with Gasteiger partial charge in [0.1, 0.15) is 0 Å². The Labute approximate surface area is 96.1 Å². The summed E-state index contributed by atoms with van der Waals surface area (Å²) in [6.07, 6.45) is 1.36. The van der Waals surface area contributed by atoms with Crippen LogP contribution in [0.1, 0.15) is 0 Å². The Balaban J connectivity index is 0.000000980. The first-order valence-electron chi connectivity index (χ1n) is 3.72. The second kappa shape index (κ2) is 4.48. The van der Waals surface area contributed by atoms with E-state index in [0.717, 1.165) is 0 Å². The Morgan fingerprint density at radius 2 is 2.14 bits per heavy atom. The van der Waals surface area contributed by atoms with Crippen molar-refractivity contribution in [2.45, 2.75) is 0 Å². The number of benzene rings is 1. The zero-order chi connectivity index (χ0) is 9.26. The molecule has 14 heavy (non-hydrogen) atoms. The second-order valence-corrected chi connectivity index (χ2v) is 2.44. The van der Waals surface area contributed by atoms with Crippen molar-refractivity contribution in [3.63, 3.8) is 0 Å². The maximum Gasteiger partial charge on any atom is 0.165 e. The largest absolute Gasteiger partial charge is 0.522 e. The third kappa shape index (κ3) is 1.76. The molecule has 0 unspecified atom stereocenters. The third-order valence-electron chi connectivity index (χ3n) is 1.73. The van der Waals surface area contributed by atoms with E-state index in [4.69, 9.17) is 13.9 Å². The first-order chi connectivity index (χ1) is 6.35. The molecule has 0 fully saturated rings. The summed E-state index contributed by atoms with van der Waals surface area (Å²) in [5, 5.41) is 0. The number of ether oxygens (including phenoxy) is 2.